The zero-order valence-corrected chi connectivity index (χ0v) is 17.9. The predicted molar refractivity (Wildman–Crippen MR) is 109 cm³/mol. The normalized spacial score (nSPS) is 11.4. The van der Waals surface area contributed by atoms with Crippen LogP contribution in [-0.4, -0.2) is 50.2 Å². The maximum absolute atomic E-state index is 12.3. The summed E-state index contributed by atoms with van der Waals surface area (Å²) >= 11 is 2.83. The average Bonchev–Trinajstić information content (AvgIpc) is 3.04. The van der Waals surface area contributed by atoms with Crippen molar-refractivity contribution in [1.29, 1.82) is 0 Å². The number of amides is 1. The van der Waals surface area contributed by atoms with Gasteiger partial charge in [0, 0.05) is 5.75 Å². The van der Waals surface area contributed by atoms with E-state index in [4.69, 9.17) is 4.74 Å². The molecule has 1 aromatic heterocycles. The molecule has 0 bridgehead atoms. The van der Waals surface area contributed by atoms with E-state index in [2.05, 4.69) is 29.4 Å². The first-order valence-electron chi connectivity index (χ1n) is 8.07. The molecular formula is C16H22N4O4S3. The average molecular weight is 431 g/mol. The number of ether oxygens (including phenoxy) is 1. The summed E-state index contributed by atoms with van der Waals surface area (Å²) in [7, 11) is -2.12. The highest BCUT2D eigenvalue weighted by Gasteiger charge is 2.21. The lowest BCUT2D eigenvalue weighted by molar-refractivity contribution is -0.114. The molecule has 1 N–H and O–H groups in total. The van der Waals surface area contributed by atoms with Crippen molar-refractivity contribution in [2.75, 3.05) is 35.3 Å². The SMILES string of the molecule is COc1ccc(N(CC(=O)Nc2nnc(SCC(C)C)s2)S(C)(=O)=O)cc1. The Balaban J connectivity index is 2.05. The van der Waals surface area contributed by atoms with Crippen molar-refractivity contribution in [3.05, 3.63) is 24.3 Å². The Morgan fingerprint density at radius 3 is 2.52 bits per heavy atom. The highest BCUT2D eigenvalue weighted by Crippen LogP contribution is 2.27. The summed E-state index contributed by atoms with van der Waals surface area (Å²) in [5.41, 5.74) is 0.374. The lowest BCUT2D eigenvalue weighted by atomic mass is 10.3. The summed E-state index contributed by atoms with van der Waals surface area (Å²) in [6.45, 7) is 3.85. The molecule has 8 nitrogen and oxygen atoms in total. The van der Waals surface area contributed by atoms with Gasteiger partial charge in [-0.1, -0.05) is 36.9 Å². The molecule has 1 aromatic carbocycles. The van der Waals surface area contributed by atoms with Crippen molar-refractivity contribution in [2.45, 2.75) is 18.2 Å². The molecule has 11 heteroatoms. The number of thioether (sulfide) groups is 1. The summed E-state index contributed by atoms with van der Waals surface area (Å²) in [6, 6.07) is 6.43. The molecule has 0 aliphatic carbocycles. The standard InChI is InChI=1S/C16H22N4O4S3/c1-11(2)10-25-16-19-18-15(26-16)17-14(21)9-20(27(4,22)23)12-5-7-13(24-3)8-6-12/h5-8,11H,9-10H2,1-4H3,(H,17,18,21). The molecule has 0 saturated carbocycles. The monoisotopic (exact) mass is 430 g/mol. The third-order valence-corrected chi connectivity index (χ3v) is 6.78. The van der Waals surface area contributed by atoms with E-state index in [0.717, 1.165) is 20.7 Å². The van der Waals surface area contributed by atoms with Crippen LogP contribution in [0.25, 0.3) is 0 Å². The summed E-state index contributed by atoms with van der Waals surface area (Å²) in [4.78, 5) is 12.3. The third kappa shape index (κ3) is 6.67. The van der Waals surface area contributed by atoms with E-state index in [1.54, 1.807) is 36.0 Å². The minimum atomic E-state index is -3.64. The van der Waals surface area contributed by atoms with Gasteiger partial charge >= 0.3 is 0 Å². The fourth-order valence-corrected chi connectivity index (χ4v) is 4.60. The molecule has 2 rings (SSSR count). The number of carbonyl (C=O) groups is 1. The largest absolute Gasteiger partial charge is 0.497 e. The van der Waals surface area contributed by atoms with Crippen molar-refractivity contribution in [3.63, 3.8) is 0 Å². The van der Waals surface area contributed by atoms with Crippen LogP contribution in [0.5, 0.6) is 5.75 Å². The Labute approximate surface area is 167 Å². The van der Waals surface area contributed by atoms with E-state index in [-0.39, 0.29) is 6.54 Å². The molecule has 148 valence electrons. The maximum Gasteiger partial charge on any atom is 0.246 e. The second kappa shape index (κ2) is 9.38. The summed E-state index contributed by atoms with van der Waals surface area (Å²) in [5.74, 6) is 1.52. The highest BCUT2D eigenvalue weighted by molar-refractivity contribution is 8.01. The van der Waals surface area contributed by atoms with Crippen LogP contribution in [0.1, 0.15) is 13.8 Å². The molecule has 0 spiro atoms. The fraction of sp³-hybridized carbons (Fsp3) is 0.438. The second-order valence-electron chi connectivity index (χ2n) is 6.09. The van der Waals surface area contributed by atoms with Crippen LogP contribution in [0.2, 0.25) is 0 Å². The molecule has 0 aliphatic rings. The number of hydrogen-bond donors (Lipinski definition) is 1. The number of hydrogen-bond acceptors (Lipinski definition) is 8. The van der Waals surface area contributed by atoms with E-state index in [1.165, 1.54) is 18.4 Å². The number of carbonyl (C=O) groups excluding carboxylic acids is 1. The minimum Gasteiger partial charge on any atom is -0.497 e. The van der Waals surface area contributed by atoms with E-state index in [1.807, 2.05) is 0 Å². The van der Waals surface area contributed by atoms with Gasteiger partial charge in [-0.05, 0) is 30.2 Å². The van der Waals surface area contributed by atoms with Gasteiger partial charge in [0.25, 0.3) is 0 Å². The summed E-state index contributed by atoms with van der Waals surface area (Å²) in [5, 5.41) is 10.9. The van der Waals surface area contributed by atoms with E-state index >= 15 is 0 Å². The number of aromatic nitrogens is 2. The molecule has 0 saturated heterocycles. The lowest BCUT2D eigenvalue weighted by Gasteiger charge is -2.21. The van der Waals surface area contributed by atoms with Crippen molar-refractivity contribution in [2.24, 2.45) is 5.92 Å². The van der Waals surface area contributed by atoms with Gasteiger partial charge in [-0.3, -0.25) is 14.4 Å². The Morgan fingerprint density at radius 1 is 1.30 bits per heavy atom. The van der Waals surface area contributed by atoms with E-state index < -0.39 is 15.9 Å². The zero-order chi connectivity index (χ0) is 20.0. The first kappa shape index (κ1) is 21.5. The van der Waals surface area contributed by atoms with Crippen LogP contribution in [-0.2, 0) is 14.8 Å². The third-order valence-electron chi connectivity index (χ3n) is 3.24. The van der Waals surface area contributed by atoms with Gasteiger partial charge in [-0.25, -0.2) is 8.42 Å². The lowest BCUT2D eigenvalue weighted by Crippen LogP contribution is -2.37. The Kier molecular flexibility index (Phi) is 7.45. The number of benzene rings is 1. The summed E-state index contributed by atoms with van der Waals surface area (Å²) in [6.07, 6.45) is 1.05. The predicted octanol–water partition coefficient (Wildman–Crippen LogP) is 2.70. The highest BCUT2D eigenvalue weighted by atomic mass is 32.2. The molecule has 0 fully saturated rings. The summed E-state index contributed by atoms with van der Waals surface area (Å²) < 4.78 is 31.1. The van der Waals surface area contributed by atoms with Gasteiger partial charge in [0.1, 0.15) is 12.3 Å². The number of methoxy groups -OCH3 is 1. The number of anilines is 2. The second-order valence-corrected chi connectivity index (χ2v) is 10.2. The fourth-order valence-electron chi connectivity index (χ4n) is 1.99. The van der Waals surface area contributed by atoms with E-state index in [9.17, 15) is 13.2 Å². The topological polar surface area (TPSA) is 101 Å². The maximum atomic E-state index is 12.3. The number of nitrogens with zero attached hydrogens (tertiary/aromatic N) is 3. The van der Waals surface area contributed by atoms with Crippen LogP contribution >= 0.6 is 23.1 Å². The van der Waals surface area contributed by atoms with Crippen LogP contribution in [0, 0.1) is 5.92 Å². The first-order valence-corrected chi connectivity index (χ1v) is 11.7. The van der Waals surface area contributed by atoms with Gasteiger partial charge in [0.2, 0.25) is 21.1 Å². The minimum absolute atomic E-state index is 0.342. The number of nitrogens with one attached hydrogen (secondary N) is 1. The molecular weight excluding hydrogens is 408 g/mol. The molecule has 0 aliphatic heterocycles. The molecule has 0 atom stereocenters. The Morgan fingerprint density at radius 2 is 1.96 bits per heavy atom. The van der Waals surface area contributed by atoms with Gasteiger partial charge in [-0.2, -0.15) is 0 Å². The van der Waals surface area contributed by atoms with Crippen LogP contribution in [0.4, 0.5) is 10.8 Å². The van der Waals surface area contributed by atoms with Crippen LogP contribution in [0.3, 0.4) is 0 Å². The quantitative estimate of drug-likeness (QED) is 0.482. The zero-order valence-electron chi connectivity index (χ0n) is 15.5. The number of rotatable bonds is 9. The van der Waals surface area contributed by atoms with Crippen molar-refractivity contribution >= 4 is 49.8 Å². The molecule has 0 radical (unpaired) electrons. The molecule has 0 unspecified atom stereocenters. The van der Waals surface area contributed by atoms with Gasteiger partial charge in [-0.15, -0.1) is 10.2 Å². The van der Waals surface area contributed by atoms with Crippen LogP contribution in [0.15, 0.2) is 28.6 Å². The Bertz CT molecular complexity index is 866. The molecule has 1 heterocycles. The van der Waals surface area contributed by atoms with E-state index in [0.29, 0.717) is 22.5 Å². The van der Waals surface area contributed by atoms with Gasteiger partial charge < -0.3 is 4.74 Å². The van der Waals surface area contributed by atoms with Crippen molar-refractivity contribution in [3.8, 4) is 5.75 Å². The van der Waals surface area contributed by atoms with Gasteiger partial charge in [0.15, 0.2) is 4.34 Å². The van der Waals surface area contributed by atoms with Crippen molar-refractivity contribution in [1.82, 2.24) is 10.2 Å². The first-order chi connectivity index (χ1) is 12.7. The molecule has 2 aromatic rings. The van der Waals surface area contributed by atoms with Crippen LogP contribution < -0.4 is 14.4 Å². The van der Waals surface area contributed by atoms with Crippen molar-refractivity contribution < 1.29 is 17.9 Å². The smallest absolute Gasteiger partial charge is 0.246 e. The molecule has 27 heavy (non-hydrogen) atoms. The van der Waals surface area contributed by atoms with Gasteiger partial charge in [0.05, 0.1) is 19.1 Å². The molecule has 1 amide bonds. The number of sulfonamides is 1. The Hall–Kier alpha value is -1.85.